The first-order valence-corrected chi connectivity index (χ1v) is 7.12. The number of piperazine rings is 1. The van der Waals surface area contributed by atoms with Gasteiger partial charge < -0.3 is 10.6 Å². The van der Waals surface area contributed by atoms with Gasteiger partial charge in [0.25, 0.3) is 0 Å². The molecule has 4 nitrogen and oxygen atoms in total. The van der Waals surface area contributed by atoms with E-state index in [1.807, 2.05) is 17.1 Å². The van der Waals surface area contributed by atoms with Gasteiger partial charge in [0.15, 0.2) is 0 Å². The number of halogens is 3. The normalized spacial score (nSPS) is 26.3. The fourth-order valence-electron chi connectivity index (χ4n) is 2.50. The summed E-state index contributed by atoms with van der Waals surface area (Å²) < 4.78 is 36.4. The molecule has 3 atom stereocenters. The first-order valence-electron chi connectivity index (χ1n) is 7.12. The van der Waals surface area contributed by atoms with E-state index in [4.69, 9.17) is 0 Å². The van der Waals surface area contributed by atoms with Crippen molar-refractivity contribution in [3.05, 3.63) is 0 Å². The van der Waals surface area contributed by atoms with Gasteiger partial charge in [0.05, 0.1) is 6.04 Å². The molecule has 0 bridgehead atoms. The molecule has 118 valence electrons. The molecule has 1 aliphatic rings. The van der Waals surface area contributed by atoms with Gasteiger partial charge in [-0.25, -0.2) is 0 Å². The minimum atomic E-state index is -4.37. The van der Waals surface area contributed by atoms with Crippen molar-refractivity contribution in [2.75, 3.05) is 19.6 Å². The Morgan fingerprint density at radius 3 is 2.55 bits per heavy atom. The molecule has 1 aliphatic heterocycles. The van der Waals surface area contributed by atoms with Crippen molar-refractivity contribution < 1.29 is 18.0 Å². The molecule has 1 heterocycles. The molecular weight excluding hydrogens is 271 g/mol. The van der Waals surface area contributed by atoms with E-state index >= 15 is 0 Å². The minimum Gasteiger partial charge on any atom is -0.346 e. The number of carbonyl (C=O) groups is 1. The first kappa shape index (κ1) is 17.2. The van der Waals surface area contributed by atoms with Crippen molar-refractivity contribution in [3.8, 4) is 0 Å². The van der Waals surface area contributed by atoms with Gasteiger partial charge in [-0.15, -0.1) is 0 Å². The van der Waals surface area contributed by atoms with Crippen LogP contribution < -0.4 is 10.6 Å². The molecule has 0 spiro atoms. The van der Waals surface area contributed by atoms with Crippen LogP contribution in [0.4, 0.5) is 13.2 Å². The van der Waals surface area contributed by atoms with Crippen molar-refractivity contribution in [2.45, 2.75) is 57.9 Å². The summed E-state index contributed by atoms with van der Waals surface area (Å²) in [4.78, 5) is 13.9. The average Bonchev–Trinajstić information content (AvgIpc) is 2.42. The molecule has 2 N–H and O–H groups in total. The molecule has 0 aromatic carbocycles. The zero-order valence-electron chi connectivity index (χ0n) is 12.3. The Morgan fingerprint density at radius 1 is 1.40 bits per heavy atom. The van der Waals surface area contributed by atoms with E-state index in [1.54, 1.807) is 6.92 Å². The van der Waals surface area contributed by atoms with Crippen LogP contribution in [0.1, 0.15) is 33.6 Å². The predicted octanol–water partition coefficient (Wildman–Crippen LogP) is 1.52. The predicted molar refractivity (Wildman–Crippen MR) is 71.4 cm³/mol. The molecule has 7 heteroatoms. The van der Waals surface area contributed by atoms with Gasteiger partial charge in [0.1, 0.15) is 6.54 Å². The third kappa shape index (κ3) is 4.94. The number of hydrogen-bond acceptors (Lipinski definition) is 3. The fourth-order valence-corrected chi connectivity index (χ4v) is 2.50. The molecule has 20 heavy (non-hydrogen) atoms. The second kappa shape index (κ2) is 7.26. The summed E-state index contributed by atoms with van der Waals surface area (Å²) in [6, 6.07) is -0.0708. The van der Waals surface area contributed by atoms with Gasteiger partial charge in [0.2, 0.25) is 5.91 Å². The number of alkyl halides is 3. The molecule has 1 fully saturated rings. The van der Waals surface area contributed by atoms with Gasteiger partial charge >= 0.3 is 6.18 Å². The van der Waals surface area contributed by atoms with E-state index in [9.17, 15) is 18.0 Å². The summed E-state index contributed by atoms with van der Waals surface area (Å²) in [5.41, 5.74) is 0. The van der Waals surface area contributed by atoms with Crippen molar-refractivity contribution in [1.29, 1.82) is 0 Å². The summed E-state index contributed by atoms with van der Waals surface area (Å²) >= 11 is 0. The number of carbonyl (C=O) groups excluding carboxylic acids is 1. The maximum atomic E-state index is 12.1. The SMILES string of the molecule is CCC1CN(C(C)C(=O)NCC(F)(F)F)C(CC)CN1. The third-order valence-corrected chi connectivity index (χ3v) is 3.85. The number of amides is 1. The molecular formula is C13H24F3N3O. The van der Waals surface area contributed by atoms with Gasteiger partial charge in [-0.3, -0.25) is 9.69 Å². The summed E-state index contributed by atoms with van der Waals surface area (Å²) in [6.45, 7) is 5.94. The summed E-state index contributed by atoms with van der Waals surface area (Å²) in [7, 11) is 0. The second-order valence-corrected chi connectivity index (χ2v) is 5.28. The zero-order valence-corrected chi connectivity index (χ0v) is 12.3. The van der Waals surface area contributed by atoms with Crippen LogP contribution in [0.2, 0.25) is 0 Å². The van der Waals surface area contributed by atoms with E-state index < -0.39 is 24.7 Å². The monoisotopic (exact) mass is 295 g/mol. The maximum absolute atomic E-state index is 12.1. The molecule has 1 amide bonds. The summed E-state index contributed by atoms with van der Waals surface area (Å²) in [5, 5.41) is 5.37. The molecule has 1 rings (SSSR count). The Morgan fingerprint density at radius 2 is 2.05 bits per heavy atom. The van der Waals surface area contributed by atoms with Crippen LogP contribution in [-0.4, -0.2) is 54.7 Å². The van der Waals surface area contributed by atoms with Crippen LogP contribution in [0, 0.1) is 0 Å². The largest absolute Gasteiger partial charge is 0.405 e. The fraction of sp³-hybridized carbons (Fsp3) is 0.923. The van der Waals surface area contributed by atoms with Crippen LogP contribution in [0.3, 0.4) is 0 Å². The lowest BCUT2D eigenvalue weighted by Crippen LogP contribution is -2.61. The number of rotatable bonds is 5. The molecule has 3 unspecified atom stereocenters. The van der Waals surface area contributed by atoms with Gasteiger partial charge in [-0.1, -0.05) is 13.8 Å². The lowest BCUT2D eigenvalue weighted by molar-refractivity contribution is -0.142. The Kier molecular flexibility index (Phi) is 6.26. The number of nitrogens with one attached hydrogen (secondary N) is 2. The minimum absolute atomic E-state index is 0.185. The molecule has 0 aliphatic carbocycles. The average molecular weight is 295 g/mol. The lowest BCUT2D eigenvalue weighted by Gasteiger charge is -2.42. The van der Waals surface area contributed by atoms with E-state index in [0.717, 1.165) is 19.4 Å². The number of nitrogens with zero attached hydrogens (tertiary/aromatic N) is 1. The highest BCUT2D eigenvalue weighted by atomic mass is 19.4. The quantitative estimate of drug-likeness (QED) is 0.808. The maximum Gasteiger partial charge on any atom is 0.405 e. The Balaban J connectivity index is 2.61. The van der Waals surface area contributed by atoms with Crippen LogP contribution in [0.25, 0.3) is 0 Å². The van der Waals surface area contributed by atoms with E-state index in [0.29, 0.717) is 6.54 Å². The van der Waals surface area contributed by atoms with E-state index in [1.165, 1.54) is 0 Å². The second-order valence-electron chi connectivity index (χ2n) is 5.28. The third-order valence-electron chi connectivity index (χ3n) is 3.85. The molecule has 0 saturated carbocycles. The molecule has 1 saturated heterocycles. The van der Waals surface area contributed by atoms with Gasteiger partial charge in [0, 0.05) is 25.2 Å². The van der Waals surface area contributed by atoms with Gasteiger partial charge in [-0.05, 0) is 19.8 Å². The van der Waals surface area contributed by atoms with E-state index in [-0.39, 0.29) is 12.1 Å². The molecule has 0 radical (unpaired) electrons. The van der Waals surface area contributed by atoms with Crippen molar-refractivity contribution in [1.82, 2.24) is 15.5 Å². The van der Waals surface area contributed by atoms with E-state index in [2.05, 4.69) is 12.2 Å². The zero-order chi connectivity index (χ0) is 15.3. The van der Waals surface area contributed by atoms with Crippen LogP contribution in [0.5, 0.6) is 0 Å². The van der Waals surface area contributed by atoms with Crippen molar-refractivity contribution in [3.63, 3.8) is 0 Å². The van der Waals surface area contributed by atoms with Crippen molar-refractivity contribution >= 4 is 5.91 Å². The smallest absolute Gasteiger partial charge is 0.346 e. The van der Waals surface area contributed by atoms with Crippen LogP contribution in [0.15, 0.2) is 0 Å². The standard InChI is InChI=1S/C13H24F3N3O/c1-4-10-7-19(11(5-2)6-17-10)9(3)12(20)18-8-13(14,15)16/h9-11,17H,4-8H2,1-3H3,(H,18,20). The Bertz CT molecular complexity index is 322. The summed E-state index contributed by atoms with van der Waals surface area (Å²) in [5.74, 6) is -0.558. The molecule has 0 aromatic heterocycles. The Labute approximate surface area is 118 Å². The lowest BCUT2D eigenvalue weighted by atomic mass is 10.0. The number of hydrogen-bond donors (Lipinski definition) is 2. The first-order chi connectivity index (χ1) is 9.28. The highest BCUT2D eigenvalue weighted by molar-refractivity contribution is 5.81. The van der Waals surface area contributed by atoms with Crippen molar-refractivity contribution in [2.24, 2.45) is 0 Å². The highest BCUT2D eigenvalue weighted by Gasteiger charge is 2.34. The van der Waals surface area contributed by atoms with Crippen LogP contribution in [-0.2, 0) is 4.79 Å². The Hall–Kier alpha value is -0.820. The highest BCUT2D eigenvalue weighted by Crippen LogP contribution is 2.17. The topological polar surface area (TPSA) is 44.4 Å². The summed E-state index contributed by atoms with van der Waals surface area (Å²) in [6.07, 6.45) is -2.57. The van der Waals surface area contributed by atoms with Crippen LogP contribution >= 0.6 is 0 Å². The van der Waals surface area contributed by atoms with Gasteiger partial charge in [-0.2, -0.15) is 13.2 Å². The molecule has 0 aromatic rings.